The smallest absolute Gasteiger partial charge is 0.0887 e. The monoisotopic (exact) mass is 335 g/mol. The van der Waals surface area contributed by atoms with Crippen molar-refractivity contribution >= 4 is 38.9 Å². The molecule has 1 heterocycles. The minimum atomic E-state index is 0.474. The third kappa shape index (κ3) is 3.46. The third-order valence-corrected chi connectivity index (χ3v) is 6.21. The Morgan fingerprint density at radius 3 is 2.47 bits per heavy atom. The first kappa shape index (κ1) is 13.9. The zero-order valence-corrected chi connectivity index (χ0v) is 13.3. The topological polar surface area (TPSA) is 12.0 Å². The van der Waals surface area contributed by atoms with E-state index < -0.39 is 0 Å². The maximum atomic E-state index is 6.14. The predicted octanol–water partition coefficient (Wildman–Crippen LogP) is 5.39. The first-order chi connectivity index (χ1) is 8.22. The van der Waals surface area contributed by atoms with Crippen molar-refractivity contribution in [1.82, 2.24) is 5.32 Å². The van der Waals surface area contributed by atoms with Crippen LogP contribution in [-0.2, 0) is 0 Å². The van der Waals surface area contributed by atoms with Gasteiger partial charge in [0.1, 0.15) is 0 Å². The zero-order valence-electron chi connectivity index (χ0n) is 10.1. The van der Waals surface area contributed by atoms with Crippen molar-refractivity contribution < 1.29 is 0 Å². The van der Waals surface area contributed by atoms with Crippen LogP contribution in [0.2, 0.25) is 5.02 Å². The lowest BCUT2D eigenvalue weighted by Crippen LogP contribution is -2.24. The molecule has 1 aliphatic carbocycles. The Morgan fingerprint density at radius 1 is 1.35 bits per heavy atom. The summed E-state index contributed by atoms with van der Waals surface area (Å²) in [6.45, 7) is 0. The molecule has 0 aromatic carbocycles. The molecule has 0 aliphatic heterocycles. The Balaban J connectivity index is 2.13. The van der Waals surface area contributed by atoms with Gasteiger partial charge in [-0.05, 0) is 47.8 Å². The lowest BCUT2D eigenvalue weighted by molar-refractivity contribution is 0.346. The number of hydrogen-bond acceptors (Lipinski definition) is 2. The maximum Gasteiger partial charge on any atom is 0.0887 e. The quantitative estimate of drug-likeness (QED) is 0.729. The summed E-state index contributed by atoms with van der Waals surface area (Å²) in [6.07, 6.45) is 8.26. The molecule has 1 N–H and O–H groups in total. The van der Waals surface area contributed by atoms with Gasteiger partial charge in [-0.2, -0.15) is 0 Å². The van der Waals surface area contributed by atoms with Gasteiger partial charge in [0.05, 0.1) is 8.81 Å². The average molecular weight is 337 g/mol. The van der Waals surface area contributed by atoms with E-state index in [2.05, 4.69) is 34.4 Å². The SMILES string of the molecule is CNC(c1cc(Cl)c(Br)s1)C1CCCCCC1. The summed E-state index contributed by atoms with van der Waals surface area (Å²) in [5.41, 5.74) is 0. The van der Waals surface area contributed by atoms with Gasteiger partial charge in [0.25, 0.3) is 0 Å². The van der Waals surface area contributed by atoms with Crippen molar-refractivity contribution in [3.05, 3.63) is 19.8 Å². The minimum Gasteiger partial charge on any atom is -0.312 e. The second-order valence-corrected chi connectivity index (χ2v) is 7.60. The van der Waals surface area contributed by atoms with Crippen LogP contribution in [0, 0.1) is 5.92 Å². The summed E-state index contributed by atoms with van der Waals surface area (Å²) in [5.74, 6) is 0.768. The molecule has 4 heteroatoms. The molecule has 1 fully saturated rings. The second kappa shape index (κ2) is 6.55. The average Bonchev–Trinajstić information content (AvgIpc) is 2.56. The van der Waals surface area contributed by atoms with Crippen molar-refractivity contribution in [2.45, 2.75) is 44.6 Å². The van der Waals surface area contributed by atoms with Gasteiger partial charge in [-0.15, -0.1) is 11.3 Å². The standard InChI is InChI=1S/C13H19BrClNS/c1-16-12(9-6-4-2-3-5-7-9)11-8-10(15)13(14)17-11/h8-9,12,16H,2-7H2,1H3. The van der Waals surface area contributed by atoms with Crippen LogP contribution in [0.25, 0.3) is 0 Å². The van der Waals surface area contributed by atoms with Gasteiger partial charge in [0.2, 0.25) is 0 Å². The third-order valence-electron chi connectivity index (χ3n) is 3.65. The van der Waals surface area contributed by atoms with E-state index in [1.54, 1.807) is 11.3 Å². The molecule has 1 aromatic rings. The highest BCUT2D eigenvalue weighted by molar-refractivity contribution is 9.11. The van der Waals surface area contributed by atoms with Crippen LogP contribution in [0.4, 0.5) is 0 Å². The number of rotatable bonds is 3. The molecule has 0 spiro atoms. The highest BCUT2D eigenvalue weighted by Gasteiger charge is 2.24. The molecule has 0 radical (unpaired) electrons. The van der Waals surface area contributed by atoms with Crippen molar-refractivity contribution in [3.8, 4) is 0 Å². The molecule has 1 saturated carbocycles. The van der Waals surface area contributed by atoms with E-state index in [-0.39, 0.29) is 0 Å². The van der Waals surface area contributed by atoms with Crippen LogP contribution in [0.15, 0.2) is 9.85 Å². The number of hydrogen-bond donors (Lipinski definition) is 1. The molecule has 0 saturated heterocycles. The Kier molecular flexibility index (Phi) is 5.34. The lowest BCUT2D eigenvalue weighted by atomic mass is 9.91. The molecule has 1 aliphatic rings. The van der Waals surface area contributed by atoms with Gasteiger partial charge in [0, 0.05) is 10.9 Å². The van der Waals surface area contributed by atoms with E-state index in [0.717, 1.165) is 14.7 Å². The Hall–Kier alpha value is 0.430. The molecule has 96 valence electrons. The lowest BCUT2D eigenvalue weighted by Gasteiger charge is -2.24. The van der Waals surface area contributed by atoms with E-state index in [1.807, 2.05) is 0 Å². The summed E-state index contributed by atoms with van der Waals surface area (Å²) in [5, 5.41) is 4.33. The number of nitrogens with one attached hydrogen (secondary N) is 1. The Bertz CT molecular complexity index is 339. The van der Waals surface area contributed by atoms with Gasteiger partial charge < -0.3 is 5.32 Å². The van der Waals surface area contributed by atoms with Crippen LogP contribution in [-0.4, -0.2) is 7.05 Å². The molecule has 17 heavy (non-hydrogen) atoms. The van der Waals surface area contributed by atoms with E-state index >= 15 is 0 Å². The molecule has 1 aromatic heterocycles. The van der Waals surface area contributed by atoms with Crippen LogP contribution in [0.1, 0.15) is 49.4 Å². The summed E-state index contributed by atoms with van der Waals surface area (Å²) in [7, 11) is 2.07. The van der Waals surface area contributed by atoms with Crippen molar-refractivity contribution in [1.29, 1.82) is 0 Å². The zero-order chi connectivity index (χ0) is 12.3. The molecule has 1 atom stereocenters. The van der Waals surface area contributed by atoms with E-state index in [4.69, 9.17) is 11.6 Å². The fraction of sp³-hybridized carbons (Fsp3) is 0.692. The first-order valence-corrected chi connectivity index (χ1v) is 8.33. The molecule has 0 amide bonds. The summed E-state index contributed by atoms with van der Waals surface area (Å²) in [4.78, 5) is 1.37. The highest BCUT2D eigenvalue weighted by atomic mass is 79.9. The van der Waals surface area contributed by atoms with E-state index in [0.29, 0.717) is 6.04 Å². The van der Waals surface area contributed by atoms with Crippen molar-refractivity contribution in [3.63, 3.8) is 0 Å². The van der Waals surface area contributed by atoms with Gasteiger partial charge in [0.15, 0.2) is 0 Å². The fourth-order valence-corrected chi connectivity index (χ4v) is 4.72. The fourth-order valence-electron chi connectivity index (χ4n) is 2.77. The summed E-state index contributed by atoms with van der Waals surface area (Å²) in [6, 6.07) is 2.59. The van der Waals surface area contributed by atoms with Crippen molar-refractivity contribution in [2.24, 2.45) is 5.92 Å². The molecule has 1 nitrogen and oxygen atoms in total. The number of thiophene rings is 1. The van der Waals surface area contributed by atoms with Crippen LogP contribution in [0.5, 0.6) is 0 Å². The van der Waals surface area contributed by atoms with Gasteiger partial charge in [-0.1, -0.05) is 37.3 Å². The summed E-state index contributed by atoms with van der Waals surface area (Å²) < 4.78 is 1.06. The normalized spacial score (nSPS) is 20.2. The molecule has 2 rings (SSSR count). The van der Waals surface area contributed by atoms with E-state index in [1.165, 1.54) is 43.4 Å². The van der Waals surface area contributed by atoms with Crippen molar-refractivity contribution in [2.75, 3.05) is 7.05 Å². The predicted molar refractivity (Wildman–Crippen MR) is 80.0 cm³/mol. The molecule has 1 unspecified atom stereocenters. The van der Waals surface area contributed by atoms with Crippen LogP contribution in [0.3, 0.4) is 0 Å². The summed E-state index contributed by atoms with van der Waals surface area (Å²) >= 11 is 11.4. The maximum absolute atomic E-state index is 6.14. The molecule has 0 bridgehead atoms. The van der Waals surface area contributed by atoms with Gasteiger partial charge in [-0.3, -0.25) is 0 Å². The molecular formula is C13H19BrClNS. The number of halogens is 2. The minimum absolute atomic E-state index is 0.474. The van der Waals surface area contributed by atoms with Crippen LogP contribution < -0.4 is 5.32 Å². The first-order valence-electron chi connectivity index (χ1n) is 6.34. The Morgan fingerprint density at radius 2 is 2.00 bits per heavy atom. The van der Waals surface area contributed by atoms with Gasteiger partial charge in [-0.25, -0.2) is 0 Å². The second-order valence-electron chi connectivity index (χ2n) is 4.79. The van der Waals surface area contributed by atoms with Gasteiger partial charge >= 0.3 is 0 Å². The highest BCUT2D eigenvalue weighted by Crippen LogP contribution is 2.40. The largest absolute Gasteiger partial charge is 0.312 e. The van der Waals surface area contributed by atoms with Crippen LogP contribution >= 0.6 is 38.9 Å². The van der Waals surface area contributed by atoms with E-state index in [9.17, 15) is 0 Å². The Labute approximate surface area is 121 Å². The molecular weight excluding hydrogens is 318 g/mol.